The Hall–Kier alpha value is -2.07. The van der Waals surface area contributed by atoms with E-state index < -0.39 is 0 Å². The Morgan fingerprint density at radius 3 is 2.83 bits per heavy atom. The van der Waals surface area contributed by atoms with Gasteiger partial charge in [-0.2, -0.15) is 0 Å². The van der Waals surface area contributed by atoms with Gasteiger partial charge in [0.2, 0.25) is 5.88 Å². The molecule has 0 aliphatic carbocycles. The number of hydrogen-bond acceptors (Lipinski definition) is 4. The molecule has 0 saturated carbocycles. The minimum atomic E-state index is 0.457. The van der Waals surface area contributed by atoms with E-state index in [1.165, 1.54) is 0 Å². The van der Waals surface area contributed by atoms with Gasteiger partial charge in [0, 0.05) is 18.8 Å². The number of hydrogen-bond donors (Lipinski definition) is 1. The summed E-state index contributed by atoms with van der Waals surface area (Å²) in [6.07, 6.45) is 1.70. The highest BCUT2D eigenvalue weighted by Crippen LogP contribution is 2.15. The van der Waals surface area contributed by atoms with E-state index in [2.05, 4.69) is 4.98 Å². The van der Waals surface area contributed by atoms with Crippen molar-refractivity contribution in [2.45, 2.75) is 13.2 Å². The van der Waals surface area contributed by atoms with E-state index in [0.717, 1.165) is 16.9 Å². The van der Waals surface area contributed by atoms with Crippen LogP contribution in [0.4, 0.5) is 0 Å². The number of rotatable bonds is 5. The van der Waals surface area contributed by atoms with Gasteiger partial charge in [-0.15, -0.1) is 0 Å². The first-order valence-electron chi connectivity index (χ1n) is 5.72. The molecular weight excluding hydrogens is 228 g/mol. The SMILES string of the molecule is COc1cccc(COc2cc(CN)ccn2)c1. The summed E-state index contributed by atoms with van der Waals surface area (Å²) in [5.74, 6) is 1.40. The molecular formula is C14H16N2O2. The van der Waals surface area contributed by atoms with Gasteiger partial charge in [0.25, 0.3) is 0 Å². The standard InChI is InChI=1S/C14H16N2O2/c1-17-13-4-2-3-12(7-13)10-18-14-8-11(9-15)5-6-16-14/h2-8H,9-10,15H2,1H3. The van der Waals surface area contributed by atoms with Crippen LogP contribution in [0.3, 0.4) is 0 Å². The van der Waals surface area contributed by atoms with Crippen molar-refractivity contribution < 1.29 is 9.47 Å². The zero-order valence-electron chi connectivity index (χ0n) is 10.3. The van der Waals surface area contributed by atoms with E-state index in [1.807, 2.05) is 36.4 Å². The molecule has 0 saturated heterocycles. The Balaban J connectivity index is 2.01. The van der Waals surface area contributed by atoms with Crippen LogP contribution in [-0.4, -0.2) is 12.1 Å². The Kier molecular flexibility index (Phi) is 4.15. The Labute approximate surface area is 106 Å². The van der Waals surface area contributed by atoms with E-state index >= 15 is 0 Å². The third-order valence-corrected chi connectivity index (χ3v) is 2.56. The van der Waals surface area contributed by atoms with E-state index in [-0.39, 0.29) is 0 Å². The van der Waals surface area contributed by atoms with Crippen LogP contribution < -0.4 is 15.2 Å². The number of pyridine rings is 1. The predicted octanol–water partition coefficient (Wildman–Crippen LogP) is 2.13. The lowest BCUT2D eigenvalue weighted by Crippen LogP contribution is -2.00. The molecule has 0 fully saturated rings. The largest absolute Gasteiger partial charge is 0.497 e. The highest BCUT2D eigenvalue weighted by atomic mass is 16.5. The molecule has 0 atom stereocenters. The van der Waals surface area contributed by atoms with Crippen LogP contribution in [0.15, 0.2) is 42.6 Å². The minimum absolute atomic E-state index is 0.457. The first kappa shape index (κ1) is 12.4. The van der Waals surface area contributed by atoms with Crippen LogP contribution in [-0.2, 0) is 13.2 Å². The van der Waals surface area contributed by atoms with Crippen LogP contribution in [0.1, 0.15) is 11.1 Å². The second-order valence-corrected chi connectivity index (χ2v) is 3.85. The number of nitrogens with two attached hydrogens (primary N) is 1. The van der Waals surface area contributed by atoms with Gasteiger partial charge in [0.15, 0.2) is 0 Å². The molecule has 2 N–H and O–H groups in total. The average Bonchev–Trinajstić information content (AvgIpc) is 2.45. The molecule has 0 radical (unpaired) electrons. The summed E-state index contributed by atoms with van der Waals surface area (Å²) in [5, 5.41) is 0. The summed E-state index contributed by atoms with van der Waals surface area (Å²) in [6, 6.07) is 11.5. The fraction of sp³-hybridized carbons (Fsp3) is 0.214. The molecule has 18 heavy (non-hydrogen) atoms. The molecule has 0 spiro atoms. The molecule has 94 valence electrons. The third kappa shape index (κ3) is 3.21. The second kappa shape index (κ2) is 6.02. The van der Waals surface area contributed by atoms with Crippen LogP contribution in [0.5, 0.6) is 11.6 Å². The van der Waals surface area contributed by atoms with Gasteiger partial charge in [-0.3, -0.25) is 0 Å². The summed E-state index contributed by atoms with van der Waals surface area (Å²) in [7, 11) is 1.65. The maximum absolute atomic E-state index is 5.61. The molecule has 2 rings (SSSR count). The highest BCUT2D eigenvalue weighted by molar-refractivity contribution is 5.28. The van der Waals surface area contributed by atoms with Crippen molar-refractivity contribution in [3.63, 3.8) is 0 Å². The zero-order valence-corrected chi connectivity index (χ0v) is 10.3. The smallest absolute Gasteiger partial charge is 0.213 e. The summed E-state index contributed by atoms with van der Waals surface area (Å²) in [5.41, 5.74) is 7.61. The Morgan fingerprint density at radius 2 is 2.06 bits per heavy atom. The van der Waals surface area contributed by atoms with Crippen molar-refractivity contribution in [1.82, 2.24) is 4.98 Å². The fourth-order valence-corrected chi connectivity index (χ4v) is 1.58. The topological polar surface area (TPSA) is 57.4 Å². The molecule has 4 heteroatoms. The summed E-state index contributed by atoms with van der Waals surface area (Å²) in [4.78, 5) is 4.14. The van der Waals surface area contributed by atoms with Crippen LogP contribution in [0.2, 0.25) is 0 Å². The maximum atomic E-state index is 5.61. The molecule has 1 aromatic heterocycles. The van der Waals surface area contributed by atoms with Crippen molar-refractivity contribution in [1.29, 1.82) is 0 Å². The lowest BCUT2D eigenvalue weighted by molar-refractivity contribution is 0.292. The summed E-state index contributed by atoms with van der Waals surface area (Å²) < 4.78 is 10.8. The van der Waals surface area contributed by atoms with E-state index in [1.54, 1.807) is 13.3 Å². The van der Waals surface area contributed by atoms with Crippen molar-refractivity contribution in [2.24, 2.45) is 5.73 Å². The number of methoxy groups -OCH3 is 1. The predicted molar refractivity (Wildman–Crippen MR) is 69.5 cm³/mol. The maximum Gasteiger partial charge on any atom is 0.213 e. The molecule has 0 unspecified atom stereocenters. The van der Waals surface area contributed by atoms with E-state index in [0.29, 0.717) is 19.0 Å². The number of nitrogens with zero attached hydrogens (tertiary/aromatic N) is 1. The van der Waals surface area contributed by atoms with Gasteiger partial charge in [0.05, 0.1) is 7.11 Å². The fourth-order valence-electron chi connectivity index (χ4n) is 1.58. The third-order valence-electron chi connectivity index (χ3n) is 2.56. The first-order valence-corrected chi connectivity index (χ1v) is 5.72. The molecule has 4 nitrogen and oxygen atoms in total. The van der Waals surface area contributed by atoms with Gasteiger partial charge in [0.1, 0.15) is 12.4 Å². The normalized spacial score (nSPS) is 10.1. The monoisotopic (exact) mass is 244 g/mol. The number of ether oxygens (including phenoxy) is 2. The molecule has 0 aliphatic rings. The van der Waals surface area contributed by atoms with Crippen molar-refractivity contribution in [3.8, 4) is 11.6 Å². The minimum Gasteiger partial charge on any atom is -0.497 e. The first-order chi connectivity index (χ1) is 8.81. The molecule has 0 aliphatic heterocycles. The van der Waals surface area contributed by atoms with Gasteiger partial charge < -0.3 is 15.2 Å². The molecule has 1 heterocycles. The Bertz CT molecular complexity index is 467. The van der Waals surface area contributed by atoms with Gasteiger partial charge in [-0.05, 0) is 29.3 Å². The molecule has 0 bridgehead atoms. The lowest BCUT2D eigenvalue weighted by Gasteiger charge is -2.07. The van der Waals surface area contributed by atoms with Gasteiger partial charge in [-0.25, -0.2) is 4.98 Å². The molecule has 2 aromatic rings. The average molecular weight is 244 g/mol. The molecule has 1 aromatic carbocycles. The summed E-state index contributed by atoms with van der Waals surface area (Å²) >= 11 is 0. The van der Waals surface area contributed by atoms with Crippen molar-refractivity contribution in [3.05, 3.63) is 53.7 Å². The number of benzene rings is 1. The zero-order chi connectivity index (χ0) is 12.8. The van der Waals surface area contributed by atoms with Gasteiger partial charge >= 0.3 is 0 Å². The van der Waals surface area contributed by atoms with Crippen LogP contribution >= 0.6 is 0 Å². The Morgan fingerprint density at radius 1 is 1.17 bits per heavy atom. The lowest BCUT2D eigenvalue weighted by atomic mass is 10.2. The van der Waals surface area contributed by atoms with Crippen LogP contribution in [0, 0.1) is 0 Å². The molecule has 0 amide bonds. The quantitative estimate of drug-likeness (QED) is 0.875. The van der Waals surface area contributed by atoms with E-state index in [4.69, 9.17) is 15.2 Å². The van der Waals surface area contributed by atoms with Crippen molar-refractivity contribution in [2.75, 3.05) is 7.11 Å². The van der Waals surface area contributed by atoms with Gasteiger partial charge in [-0.1, -0.05) is 12.1 Å². The van der Waals surface area contributed by atoms with Crippen LogP contribution in [0.25, 0.3) is 0 Å². The summed E-state index contributed by atoms with van der Waals surface area (Å²) in [6.45, 7) is 0.941. The highest BCUT2D eigenvalue weighted by Gasteiger charge is 2.00. The number of aromatic nitrogens is 1. The second-order valence-electron chi connectivity index (χ2n) is 3.85. The van der Waals surface area contributed by atoms with Crippen molar-refractivity contribution >= 4 is 0 Å². The van der Waals surface area contributed by atoms with E-state index in [9.17, 15) is 0 Å².